The summed E-state index contributed by atoms with van der Waals surface area (Å²) in [6.07, 6.45) is 5.77. The summed E-state index contributed by atoms with van der Waals surface area (Å²) in [5.74, 6) is -0.987. The number of carboxylic acid groups (broad SMARTS) is 1. The number of amides is 1. The molecule has 1 aliphatic carbocycles. The average Bonchev–Trinajstić information content (AvgIpc) is 2.97. The summed E-state index contributed by atoms with van der Waals surface area (Å²) in [6, 6.07) is 11.3. The number of nitrogens with one attached hydrogen (secondary N) is 1. The number of non-ortho nitro benzene ring substituents is 1. The molecule has 2 aromatic carbocycles. The van der Waals surface area contributed by atoms with Gasteiger partial charge in [-0.1, -0.05) is 49.1 Å². The Morgan fingerprint density at radius 1 is 1.18 bits per heavy atom. The lowest BCUT2D eigenvalue weighted by molar-refractivity contribution is -0.384. The first-order chi connectivity index (χ1) is 16.2. The van der Waals surface area contributed by atoms with Crippen LogP contribution in [0.25, 0.3) is 0 Å². The minimum atomic E-state index is -0.706. The van der Waals surface area contributed by atoms with Gasteiger partial charge in [-0.05, 0) is 36.9 Å². The van der Waals surface area contributed by atoms with Gasteiger partial charge in [-0.2, -0.15) is 0 Å². The van der Waals surface area contributed by atoms with Gasteiger partial charge >= 0.3 is 5.97 Å². The van der Waals surface area contributed by atoms with E-state index in [0.717, 1.165) is 25.7 Å². The second-order valence-electron chi connectivity index (χ2n) is 8.52. The lowest BCUT2D eigenvalue weighted by Crippen LogP contribution is -2.34. The second-order valence-corrected chi connectivity index (χ2v) is 8.92. The van der Waals surface area contributed by atoms with Crippen LogP contribution >= 0.6 is 11.6 Å². The highest BCUT2D eigenvalue weighted by atomic mass is 35.5. The smallest absolute Gasteiger partial charge is 0.303 e. The number of nitrogens with two attached hydrogens (primary N) is 1. The molecule has 0 spiro atoms. The molecule has 2 aromatic rings. The summed E-state index contributed by atoms with van der Waals surface area (Å²) in [4.78, 5) is 37.1. The number of anilines is 1. The van der Waals surface area contributed by atoms with Crippen molar-refractivity contribution in [3.8, 4) is 0 Å². The molecule has 10 heteroatoms. The number of fused-ring (bicyclic) bond motifs is 1. The van der Waals surface area contributed by atoms with Crippen LogP contribution in [0.1, 0.15) is 49.7 Å². The predicted molar refractivity (Wildman–Crippen MR) is 131 cm³/mol. The normalized spacial score (nSPS) is 16.6. The molecule has 1 aliphatic heterocycles. The quantitative estimate of drug-likeness (QED) is 0.421. The Morgan fingerprint density at radius 3 is 2.50 bits per heavy atom. The van der Waals surface area contributed by atoms with Gasteiger partial charge in [0.05, 0.1) is 22.7 Å². The van der Waals surface area contributed by atoms with Crippen molar-refractivity contribution in [1.82, 2.24) is 0 Å². The van der Waals surface area contributed by atoms with E-state index in [1.54, 1.807) is 24.3 Å². The molecule has 0 unspecified atom stereocenters. The summed E-state index contributed by atoms with van der Waals surface area (Å²) >= 11 is 6.20. The molecule has 1 saturated carbocycles. The number of hydrogen-bond donors (Lipinski definition) is 3. The van der Waals surface area contributed by atoms with Crippen LogP contribution in [0, 0.1) is 15.5 Å². The first-order valence-electron chi connectivity index (χ1n) is 11.0. The molecule has 0 bridgehead atoms. The number of aliphatic imine (C=N–C) groups is 1. The van der Waals surface area contributed by atoms with Crippen LogP contribution in [0.3, 0.4) is 0 Å². The first-order valence-corrected chi connectivity index (χ1v) is 11.4. The Hall–Kier alpha value is -3.30. The maximum Gasteiger partial charge on any atom is 0.303 e. The van der Waals surface area contributed by atoms with Gasteiger partial charge in [0, 0.05) is 28.3 Å². The zero-order chi connectivity index (χ0) is 24.7. The number of nitrogens with zero attached hydrogens (tertiary/aromatic N) is 2. The minimum absolute atomic E-state index is 0.0664. The van der Waals surface area contributed by atoms with Crippen molar-refractivity contribution < 1.29 is 19.6 Å². The van der Waals surface area contributed by atoms with E-state index in [1.807, 2.05) is 0 Å². The molecular formula is C24H27ClN4O5. The van der Waals surface area contributed by atoms with E-state index in [9.17, 15) is 19.7 Å². The Balaban J connectivity index is 0.000000229. The number of carbonyl (C=O) groups excluding carboxylic acids is 1. The summed E-state index contributed by atoms with van der Waals surface area (Å²) in [7, 11) is 0. The van der Waals surface area contributed by atoms with Crippen LogP contribution in [-0.2, 0) is 9.59 Å². The van der Waals surface area contributed by atoms with Gasteiger partial charge in [0.1, 0.15) is 6.54 Å². The molecule has 4 rings (SSSR count). The largest absolute Gasteiger partial charge is 0.481 e. The lowest BCUT2D eigenvalue weighted by atomic mass is 9.72. The van der Waals surface area contributed by atoms with Gasteiger partial charge in [-0.15, -0.1) is 0 Å². The van der Waals surface area contributed by atoms with Gasteiger partial charge in [-0.25, -0.2) is 0 Å². The van der Waals surface area contributed by atoms with E-state index >= 15 is 0 Å². The number of nitro groups is 1. The van der Waals surface area contributed by atoms with E-state index in [-0.39, 0.29) is 30.0 Å². The van der Waals surface area contributed by atoms with Crippen molar-refractivity contribution in [2.75, 3.05) is 18.4 Å². The average molecular weight is 487 g/mol. The molecule has 34 heavy (non-hydrogen) atoms. The van der Waals surface area contributed by atoms with E-state index in [1.165, 1.54) is 24.6 Å². The monoisotopic (exact) mass is 486 g/mol. The fraction of sp³-hybridized carbons (Fsp3) is 0.375. The van der Waals surface area contributed by atoms with Crippen molar-refractivity contribution in [1.29, 1.82) is 0 Å². The number of benzodiazepines with no additional fused rings is 1. The molecule has 0 aromatic heterocycles. The first kappa shape index (κ1) is 25.3. The number of halogens is 1. The Kier molecular flexibility index (Phi) is 8.36. The van der Waals surface area contributed by atoms with Gasteiger partial charge in [0.25, 0.3) is 5.69 Å². The number of aliphatic carboxylic acids is 1. The van der Waals surface area contributed by atoms with Gasteiger partial charge in [0.2, 0.25) is 5.91 Å². The standard InChI is InChI=1S/C15H10ClN3O3.C9H17NO2/c16-12-4-2-1-3-10(12)15-11-7-9(19(21)22)5-6-13(11)18-14(20)8-17-15;10-7-9(6-8(11)12)4-2-1-3-5-9/h1-7H,8H2,(H,18,20);1-7,10H2,(H,11,12). The maximum absolute atomic E-state index is 11.7. The number of hydrogen-bond acceptors (Lipinski definition) is 6. The van der Waals surface area contributed by atoms with E-state index in [4.69, 9.17) is 22.4 Å². The molecule has 180 valence electrons. The van der Waals surface area contributed by atoms with Crippen molar-refractivity contribution >= 4 is 40.6 Å². The van der Waals surface area contributed by atoms with Crippen molar-refractivity contribution in [3.05, 3.63) is 68.7 Å². The van der Waals surface area contributed by atoms with Crippen LogP contribution < -0.4 is 11.1 Å². The third-order valence-corrected chi connectivity index (χ3v) is 6.46. The van der Waals surface area contributed by atoms with E-state index in [0.29, 0.717) is 34.1 Å². The van der Waals surface area contributed by atoms with Gasteiger partial charge in [-0.3, -0.25) is 24.7 Å². The molecular weight excluding hydrogens is 460 g/mol. The summed E-state index contributed by atoms with van der Waals surface area (Å²) in [5.41, 5.74) is 7.52. The second kappa shape index (κ2) is 11.2. The minimum Gasteiger partial charge on any atom is -0.481 e. The van der Waals surface area contributed by atoms with Crippen LogP contribution in [0.15, 0.2) is 47.5 Å². The number of rotatable bonds is 5. The maximum atomic E-state index is 11.7. The Bertz CT molecular complexity index is 1110. The molecule has 1 amide bonds. The molecule has 0 saturated heterocycles. The predicted octanol–water partition coefficient (Wildman–Crippen LogP) is 4.41. The molecule has 0 radical (unpaired) electrons. The number of nitro benzene ring substituents is 1. The SMILES string of the molecule is NCC1(CC(=O)O)CCCCC1.O=C1CN=C(c2ccccc2Cl)c2cc([N+](=O)[O-])ccc2N1. The molecule has 4 N–H and O–H groups in total. The number of benzene rings is 2. The third kappa shape index (κ3) is 6.18. The third-order valence-electron chi connectivity index (χ3n) is 6.13. The summed E-state index contributed by atoms with van der Waals surface area (Å²) in [6.45, 7) is 0.461. The molecule has 9 nitrogen and oxygen atoms in total. The van der Waals surface area contributed by atoms with Crippen LogP contribution in [0.5, 0.6) is 0 Å². The fourth-order valence-corrected chi connectivity index (χ4v) is 4.56. The van der Waals surface area contributed by atoms with Crippen molar-refractivity contribution in [2.45, 2.75) is 38.5 Å². The number of carboxylic acids is 1. The molecule has 1 fully saturated rings. The van der Waals surface area contributed by atoms with E-state index < -0.39 is 10.9 Å². The van der Waals surface area contributed by atoms with Crippen molar-refractivity contribution in [2.24, 2.45) is 16.1 Å². The Morgan fingerprint density at radius 2 is 1.88 bits per heavy atom. The van der Waals surface area contributed by atoms with Crippen LogP contribution in [0.4, 0.5) is 11.4 Å². The highest BCUT2D eigenvalue weighted by Crippen LogP contribution is 2.38. The fourth-order valence-electron chi connectivity index (χ4n) is 4.34. The number of carbonyl (C=O) groups is 2. The highest BCUT2D eigenvalue weighted by Gasteiger charge is 2.32. The van der Waals surface area contributed by atoms with Gasteiger partial charge in [0.15, 0.2) is 0 Å². The van der Waals surface area contributed by atoms with E-state index in [2.05, 4.69) is 10.3 Å². The zero-order valence-electron chi connectivity index (χ0n) is 18.6. The van der Waals surface area contributed by atoms with Gasteiger partial charge < -0.3 is 16.2 Å². The highest BCUT2D eigenvalue weighted by molar-refractivity contribution is 6.36. The Labute approximate surface area is 202 Å². The molecule has 0 atom stereocenters. The van der Waals surface area contributed by atoms with Crippen molar-refractivity contribution in [3.63, 3.8) is 0 Å². The molecule has 2 aliphatic rings. The zero-order valence-corrected chi connectivity index (χ0v) is 19.4. The topological polar surface area (TPSA) is 148 Å². The van der Waals surface area contributed by atoms with Crippen LogP contribution in [0.2, 0.25) is 5.02 Å². The summed E-state index contributed by atoms with van der Waals surface area (Å²) in [5, 5.41) is 22.9. The van der Waals surface area contributed by atoms with Crippen LogP contribution in [-0.4, -0.2) is 40.7 Å². The molecule has 1 heterocycles. The lowest BCUT2D eigenvalue weighted by Gasteiger charge is -2.34. The summed E-state index contributed by atoms with van der Waals surface area (Å²) < 4.78 is 0.